The lowest BCUT2D eigenvalue weighted by atomic mass is 10.2. The van der Waals surface area contributed by atoms with Crippen molar-refractivity contribution >= 4 is 23.3 Å². The first kappa shape index (κ1) is 20.5. The molecule has 3 aromatic rings. The normalized spacial score (nSPS) is 10.4. The van der Waals surface area contributed by atoms with Crippen LogP contribution in [-0.4, -0.2) is 33.2 Å². The summed E-state index contributed by atoms with van der Waals surface area (Å²) in [5.41, 5.74) is 0.906. The summed E-state index contributed by atoms with van der Waals surface area (Å²) in [6.07, 6.45) is 0. The minimum Gasteiger partial charge on any atom is -0.454 e. The van der Waals surface area contributed by atoms with Crippen molar-refractivity contribution in [1.29, 1.82) is 0 Å². The van der Waals surface area contributed by atoms with Gasteiger partial charge in [-0.05, 0) is 30.7 Å². The number of ether oxygens (including phenoxy) is 1. The van der Waals surface area contributed by atoms with Gasteiger partial charge >= 0.3 is 11.7 Å². The summed E-state index contributed by atoms with van der Waals surface area (Å²) in [5, 5.41) is 17.3. The van der Waals surface area contributed by atoms with Crippen molar-refractivity contribution in [2.24, 2.45) is 0 Å². The second-order valence-electron chi connectivity index (χ2n) is 6.18. The molecule has 0 fully saturated rings. The zero-order valence-corrected chi connectivity index (χ0v) is 15.7. The van der Waals surface area contributed by atoms with Gasteiger partial charge in [0.05, 0.1) is 4.92 Å². The van der Waals surface area contributed by atoms with Gasteiger partial charge in [0.2, 0.25) is 5.89 Å². The zero-order chi connectivity index (χ0) is 21.7. The first-order chi connectivity index (χ1) is 14.3. The number of aromatic nitrogens is 2. The molecular weight excluding hydrogens is 396 g/mol. The topological polar surface area (TPSA) is 147 Å². The average Bonchev–Trinajstić information content (AvgIpc) is 3.08. The Morgan fingerprint density at radius 2 is 1.97 bits per heavy atom. The van der Waals surface area contributed by atoms with E-state index in [2.05, 4.69) is 10.4 Å². The third-order valence-electron chi connectivity index (χ3n) is 3.89. The van der Waals surface area contributed by atoms with Crippen LogP contribution in [0.1, 0.15) is 5.56 Å². The standard InChI is InChI=1S/C19H16N4O7/c1-12-7-8-14(15(9-12)23(27)28)20-16(24)11-29-17(25)10-22-19(26)30-18(21-22)13-5-3-2-4-6-13/h2-9H,10-11H2,1H3,(H,20,24). The van der Waals surface area contributed by atoms with Crippen molar-refractivity contribution in [2.45, 2.75) is 13.5 Å². The third-order valence-corrected chi connectivity index (χ3v) is 3.89. The number of aryl methyl sites for hydroxylation is 1. The van der Waals surface area contributed by atoms with Gasteiger partial charge in [-0.15, -0.1) is 5.10 Å². The molecule has 0 bridgehead atoms. The fraction of sp³-hybridized carbons (Fsp3) is 0.158. The van der Waals surface area contributed by atoms with Gasteiger partial charge in [0.25, 0.3) is 11.6 Å². The average molecular weight is 412 g/mol. The van der Waals surface area contributed by atoms with Crippen LogP contribution < -0.4 is 11.1 Å². The van der Waals surface area contributed by atoms with Crippen LogP contribution in [0.3, 0.4) is 0 Å². The van der Waals surface area contributed by atoms with Crippen LogP contribution >= 0.6 is 0 Å². The van der Waals surface area contributed by atoms with Crippen LogP contribution in [0.5, 0.6) is 0 Å². The fourth-order valence-electron chi connectivity index (χ4n) is 2.50. The molecule has 1 N–H and O–H groups in total. The van der Waals surface area contributed by atoms with E-state index < -0.39 is 35.7 Å². The van der Waals surface area contributed by atoms with Gasteiger partial charge in [0, 0.05) is 11.6 Å². The molecule has 0 aliphatic carbocycles. The molecule has 0 radical (unpaired) electrons. The number of nitrogens with zero attached hydrogens (tertiary/aromatic N) is 3. The molecule has 1 heterocycles. The molecular formula is C19H16N4O7. The third kappa shape index (κ3) is 4.95. The van der Waals surface area contributed by atoms with E-state index in [0.717, 1.165) is 4.68 Å². The number of carbonyl (C=O) groups is 2. The summed E-state index contributed by atoms with van der Waals surface area (Å²) in [7, 11) is 0. The number of anilines is 1. The smallest absolute Gasteiger partial charge is 0.437 e. The Bertz CT molecular complexity index is 1150. The number of nitro benzene ring substituents is 1. The van der Waals surface area contributed by atoms with E-state index >= 15 is 0 Å². The Kier molecular flexibility index (Phi) is 6.01. The van der Waals surface area contributed by atoms with Gasteiger partial charge < -0.3 is 14.5 Å². The quantitative estimate of drug-likeness (QED) is 0.352. The predicted octanol–water partition coefficient (Wildman–Crippen LogP) is 1.90. The van der Waals surface area contributed by atoms with Crippen LogP contribution in [0.25, 0.3) is 11.5 Å². The van der Waals surface area contributed by atoms with E-state index in [9.17, 15) is 24.5 Å². The van der Waals surface area contributed by atoms with E-state index in [1.807, 2.05) is 0 Å². The summed E-state index contributed by atoms with van der Waals surface area (Å²) < 4.78 is 10.6. The van der Waals surface area contributed by atoms with Crippen molar-refractivity contribution in [3.63, 3.8) is 0 Å². The van der Waals surface area contributed by atoms with Gasteiger partial charge in [0.15, 0.2) is 6.61 Å². The Labute approximate surface area is 169 Å². The maximum atomic E-state index is 12.0. The second kappa shape index (κ2) is 8.82. The maximum absolute atomic E-state index is 12.0. The van der Waals surface area contributed by atoms with Crippen molar-refractivity contribution < 1.29 is 23.7 Å². The molecule has 0 aliphatic rings. The molecule has 0 unspecified atom stereocenters. The number of rotatable bonds is 7. The molecule has 0 atom stereocenters. The van der Waals surface area contributed by atoms with Crippen LogP contribution in [-0.2, 0) is 20.9 Å². The lowest BCUT2D eigenvalue weighted by Crippen LogP contribution is -2.26. The van der Waals surface area contributed by atoms with Crippen molar-refractivity contribution in [3.05, 3.63) is 74.8 Å². The highest BCUT2D eigenvalue weighted by Crippen LogP contribution is 2.25. The van der Waals surface area contributed by atoms with E-state index in [4.69, 9.17) is 9.15 Å². The molecule has 30 heavy (non-hydrogen) atoms. The SMILES string of the molecule is Cc1ccc(NC(=O)COC(=O)Cn2nc(-c3ccccc3)oc2=O)c([N+](=O)[O-])c1. The first-order valence-corrected chi connectivity index (χ1v) is 8.67. The van der Waals surface area contributed by atoms with E-state index in [0.29, 0.717) is 11.1 Å². The lowest BCUT2D eigenvalue weighted by molar-refractivity contribution is -0.384. The predicted molar refractivity (Wildman–Crippen MR) is 104 cm³/mol. The highest BCUT2D eigenvalue weighted by molar-refractivity contribution is 5.94. The Balaban J connectivity index is 1.58. The monoisotopic (exact) mass is 412 g/mol. The van der Waals surface area contributed by atoms with Crippen LogP contribution in [0.2, 0.25) is 0 Å². The molecule has 11 nitrogen and oxygen atoms in total. The summed E-state index contributed by atoms with van der Waals surface area (Å²) in [4.78, 5) is 46.2. The van der Waals surface area contributed by atoms with Gasteiger partial charge in [-0.1, -0.05) is 24.3 Å². The molecule has 1 amide bonds. The molecule has 154 valence electrons. The first-order valence-electron chi connectivity index (χ1n) is 8.67. The van der Waals surface area contributed by atoms with Gasteiger partial charge in [-0.3, -0.25) is 19.7 Å². The molecule has 1 aromatic heterocycles. The summed E-state index contributed by atoms with van der Waals surface area (Å²) >= 11 is 0. The number of esters is 1. The number of hydrogen-bond acceptors (Lipinski definition) is 8. The number of nitrogens with one attached hydrogen (secondary N) is 1. The number of carbonyl (C=O) groups excluding carboxylic acids is 2. The summed E-state index contributed by atoms with van der Waals surface area (Å²) in [6.45, 7) is 0.421. The van der Waals surface area contributed by atoms with Crippen LogP contribution in [0, 0.1) is 17.0 Å². The number of nitro groups is 1. The highest BCUT2D eigenvalue weighted by Gasteiger charge is 2.18. The number of amides is 1. The fourth-order valence-corrected chi connectivity index (χ4v) is 2.50. The number of benzene rings is 2. The molecule has 11 heteroatoms. The Morgan fingerprint density at radius 1 is 1.23 bits per heavy atom. The molecule has 0 aliphatic heterocycles. The second-order valence-corrected chi connectivity index (χ2v) is 6.18. The van der Waals surface area contributed by atoms with Gasteiger partial charge in [-0.2, -0.15) is 4.68 Å². The largest absolute Gasteiger partial charge is 0.454 e. The highest BCUT2D eigenvalue weighted by atomic mass is 16.6. The van der Waals surface area contributed by atoms with E-state index in [-0.39, 0.29) is 17.3 Å². The molecule has 3 rings (SSSR count). The maximum Gasteiger partial charge on any atom is 0.437 e. The Hall–Kier alpha value is -4.28. The minimum atomic E-state index is -0.904. The minimum absolute atomic E-state index is 0.0214. The molecule has 2 aromatic carbocycles. The molecule has 0 spiro atoms. The van der Waals surface area contributed by atoms with Crippen molar-refractivity contribution in [1.82, 2.24) is 9.78 Å². The molecule has 0 saturated heterocycles. The summed E-state index contributed by atoms with van der Waals surface area (Å²) in [6, 6.07) is 12.9. The number of hydrogen-bond donors (Lipinski definition) is 1. The zero-order valence-electron chi connectivity index (χ0n) is 15.7. The lowest BCUT2D eigenvalue weighted by Gasteiger charge is -2.07. The molecule has 0 saturated carbocycles. The summed E-state index contributed by atoms with van der Waals surface area (Å²) in [5.74, 6) is -2.49. The van der Waals surface area contributed by atoms with Crippen molar-refractivity contribution in [2.75, 3.05) is 11.9 Å². The van der Waals surface area contributed by atoms with E-state index in [1.54, 1.807) is 43.3 Å². The van der Waals surface area contributed by atoms with Crippen molar-refractivity contribution in [3.8, 4) is 11.5 Å². The van der Waals surface area contributed by atoms with E-state index in [1.165, 1.54) is 12.1 Å². The van der Waals surface area contributed by atoms with Gasteiger partial charge in [0.1, 0.15) is 12.2 Å². The van der Waals surface area contributed by atoms with Gasteiger partial charge in [-0.25, -0.2) is 4.79 Å². The van der Waals surface area contributed by atoms with Crippen LogP contribution in [0.4, 0.5) is 11.4 Å². The Morgan fingerprint density at radius 3 is 2.67 bits per heavy atom. The van der Waals surface area contributed by atoms with Crippen LogP contribution in [0.15, 0.2) is 57.7 Å².